The van der Waals surface area contributed by atoms with Crippen molar-refractivity contribution in [3.8, 4) is 0 Å². The molecule has 0 spiro atoms. The van der Waals surface area contributed by atoms with E-state index in [1.165, 1.54) is 0 Å². The zero-order chi connectivity index (χ0) is 23.1. The van der Waals surface area contributed by atoms with Crippen LogP contribution < -0.4 is 16.0 Å². The van der Waals surface area contributed by atoms with E-state index in [-0.39, 0.29) is 25.5 Å². The van der Waals surface area contributed by atoms with Crippen molar-refractivity contribution in [2.75, 3.05) is 6.54 Å². The second kappa shape index (κ2) is 10.6. The van der Waals surface area contributed by atoms with Gasteiger partial charge >= 0.3 is 6.09 Å². The Morgan fingerprint density at radius 3 is 2.56 bits per heavy atom. The number of hydrogen-bond donors (Lipinski definition) is 3. The van der Waals surface area contributed by atoms with E-state index in [1.807, 2.05) is 30.3 Å². The Kier molecular flexibility index (Phi) is 7.64. The minimum Gasteiger partial charge on any atom is -0.466 e. The number of amides is 3. The van der Waals surface area contributed by atoms with Crippen LogP contribution in [-0.4, -0.2) is 42.3 Å². The number of carbonyl (C=O) groups is 4. The molecule has 2 aromatic rings. The fourth-order valence-electron chi connectivity index (χ4n) is 3.31. The van der Waals surface area contributed by atoms with Crippen LogP contribution >= 0.6 is 0 Å². The highest BCUT2D eigenvalue weighted by atomic mass is 16.5. The van der Waals surface area contributed by atoms with Crippen LogP contribution in [0.2, 0.25) is 0 Å². The lowest BCUT2D eigenvalue weighted by Crippen LogP contribution is -2.56. The number of nitrogens with one attached hydrogen (secondary N) is 3. The first kappa shape index (κ1) is 23.1. The minimum absolute atomic E-state index is 0.0290. The highest BCUT2D eigenvalue weighted by Crippen LogP contribution is 2.13. The van der Waals surface area contributed by atoms with Crippen molar-refractivity contribution in [1.29, 1.82) is 0 Å². The third-order valence-electron chi connectivity index (χ3n) is 5.07. The Labute approximate surface area is 185 Å². The van der Waals surface area contributed by atoms with Crippen LogP contribution in [0.1, 0.15) is 30.9 Å². The summed E-state index contributed by atoms with van der Waals surface area (Å²) in [5.41, 5.74) is 0.809. The first-order valence-electron chi connectivity index (χ1n) is 10.5. The molecule has 0 saturated carbocycles. The standard InChI is InChI=1S/C23H27N3O6/c1-14(2)19(26-23(30)31-13-15-6-4-3-5-7-15)21(28)25-18-12-17-9-8-16(32-17)10-11-24-22(29)20(18)27/h3-9,14,18-19H,10-13H2,1-2H3,(H,24,29)(H,25,28)(H,26,30). The van der Waals surface area contributed by atoms with E-state index < -0.39 is 35.8 Å². The van der Waals surface area contributed by atoms with E-state index >= 15 is 0 Å². The molecule has 3 rings (SSSR count). The average molecular weight is 441 g/mol. The Balaban J connectivity index is 1.65. The summed E-state index contributed by atoms with van der Waals surface area (Å²) in [5, 5.41) is 7.67. The third kappa shape index (κ3) is 6.19. The van der Waals surface area contributed by atoms with Crippen molar-refractivity contribution in [3.05, 3.63) is 59.5 Å². The first-order valence-corrected chi connectivity index (χ1v) is 10.5. The van der Waals surface area contributed by atoms with Gasteiger partial charge < -0.3 is 25.1 Å². The number of fused-ring (bicyclic) bond motifs is 2. The van der Waals surface area contributed by atoms with Gasteiger partial charge in [-0.15, -0.1) is 0 Å². The summed E-state index contributed by atoms with van der Waals surface area (Å²) < 4.78 is 10.9. The monoisotopic (exact) mass is 441 g/mol. The van der Waals surface area contributed by atoms with E-state index in [2.05, 4.69) is 16.0 Å². The highest BCUT2D eigenvalue weighted by molar-refractivity contribution is 6.38. The molecule has 2 unspecified atom stereocenters. The van der Waals surface area contributed by atoms with Crippen molar-refractivity contribution < 1.29 is 28.3 Å². The second-order valence-corrected chi connectivity index (χ2v) is 7.93. The molecule has 9 heteroatoms. The predicted octanol–water partition coefficient (Wildman–Crippen LogP) is 1.50. The molecule has 2 atom stereocenters. The van der Waals surface area contributed by atoms with Gasteiger partial charge in [0, 0.05) is 19.4 Å². The van der Waals surface area contributed by atoms with Crippen LogP contribution in [0, 0.1) is 5.92 Å². The Morgan fingerprint density at radius 2 is 1.84 bits per heavy atom. The normalized spacial score (nSPS) is 17.3. The second-order valence-electron chi connectivity index (χ2n) is 7.93. The van der Waals surface area contributed by atoms with Gasteiger partial charge in [0.05, 0.1) is 0 Å². The zero-order valence-electron chi connectivity index (χ0n) is 18.1. The lowest BCUT2D eigenvalue weighted by molar-refractivity contribution is -0.140. The molecule has 170 valence electrons. The summed E-state index contributed by atoms with van der Waals surface area (Å²) in [5.74, 6) is -1.25. The molecule has 1 aromatic carbocycles. The summed E-state index contributed by atoms with van der Waals surface area (Å²) in [6, 6.07) is 10.6. The maximum atomic E-state index is 12.9. The van der Waals surface area contributed by atoms with Crippen LogP contribution in [0.4, 0.5) is 4.79 Å². The maximum absolute atomic E-state index is 12.9. The van der Waals surface area contributed by atoms with Crippen molar-refractivity contribution in [1.82, 2.24) is 16.0 Å². The molecule has 0 radical (unpaired) electrons. The molecule has 2 heterocycles. The Morgan fingerprint density at radius 1 is 1.12 bits per heavy atom. The molecule has 1 aliphatic heterocycles. The number of hydrogen-bond acceptors (Lipinski definition) is 6. The van der Waals surface area contributed by atoms with Crippen LogP contribution in [-0.2, 0) is 38.6 Å². The van der Waals surface area contributed by atoms with Gasteiger partial charge in [0.1, 0.15) is 30.2 Å². The van der Waals surface area contributed by atoms with Crippen LogP contribution in [0.3, 0.4) is 0 Å². The number of rotatable bonds is 6. The SMILES string of the molecule is CC(C)C(NC(=O)OCc1ccccc1)C(=O)NC1Cc2ccc(o2)CCNC(=O)C1=O. The smallest absolute Gasteiger partial charge is 0.408 e. The summed E-state index contributed by atoms with van der Waals surface area (Å²) in [7, 11) is 0. The molecule has 3 amide bonds. The summed E-state index contributed by atoms with van der Waals surface area (Å²) in [6.45, 7) is 3.81. The van der Waals surface area contributed by atoms with E-state index in [1.54, 1.807) is 26.0 Å². The quantitative estimate of drug-likeness (QED) is 0.583. The minimum atomic E-state index is -1.12. The van der Waals surface area contributed by atoms with Crippen molar-refractivity contribution in [2.45, 2.75) is 45.4 Å². The van der Waals surface area contributed by atoms with Gasteiger partial charge in [-0.3, -0.25) is 14.4 Å². The number of benzene rings is 1. The number of Topliss-reactive ketones (excluding diaryl/α,β-unsaturated/α-hetero) is 1. The maximum Gasteiger partial charge on any atom is 0.408 e. The number of ether oxygens (including phenoxy) is 1. The lowest BCUT2D eigenvalue weighted by atomic mass is 10.0. The van der Waals surface area contributed by atoms with Gasteiger partial charge in [-0.05, 0) is 23.6 Å². The molecule has 9 nitrogen and oxygen atoms in total. The number of carbonyl (C=O) groups excluding carboxylic acids is 4. The van der Waals surface area contributed by atoms with Gasteiger partial charge in [0.2, 0.25) is 11.7 Å². The van der Waals surface area contributed by atoms with Gasteiger partial charge in [0.15, 0.2) is 0 Å². The van der Waals surface area contributed by atoms with Crippen LogP contribution in [0.25, 0.3) is 0 Å². The molecule has 32 heavy (non-hydrogen) atoms. The molecular formula is C23H27N3O6. The van der Waals surface area contributed by atoms with Gasteiger partial charge in [-0.25, -0.2) is 4.79 Å². The molecule has 3 N–H and O–H groups in total. The molecule has 0 fully saturated rings. The molecule has 0 aliphatic carbocycles. The van der Waals surface area contributed by atoms with Gasteiger partial charge in [-0.2, -0.15) is 0 Å². The molecule has 1 aliphatic rings. The molecular weight excluding hydrogens is 414 g/mol. The van der Waals surface area contributed by atoms with Gasteiger partial charge in [0.25, 0.3) is 5.91 Å². The number of alkyl carbamates (subject to hydrolysis) is 1. The van der Waals surface area contributed by atoms with E-state index in [4.69, 9.17) is 9.15 Å². The van der Waals surface area contributed by atoms with Gasteiger partial charge in [-0.1, -0.05) is 44.2 Å². The van der Waals surface area contributed by atoms with E-state index in [0.717, 1.165) is 5.56 Å². The Hall–Kier alpha value is -3.62. The zero-order valence-corrected chi connectivity index (χ0v) is 18.1. The average Bonchev–Trinajstić information content (AvgIpc) is 3.21. The number of ketones is 1. The largest absolute Gasteiger partial charge is 0.466 e. The number of furan rings is 1. The Bertz CT molecular complexity index is 969. The molecule has 0 saturated heterocycles. The van der Waals surface area contributed by atoms with Crippen molar-refractivity contribution >= 4 is 23.7 Å². The third-order valence-corrected chi connectivity index (χ3v) is 5.07. The lowest BCUT2D eigenvalue weighted by Gasteiger charge is -2.24. The van der Waals surface area contributed by atoms with Crippen LogP contribution in [0.5, 0.6) is 0 Å². The topological polar surface area (TPSA) is 127 Å². The fraction of sp³-hybridized carbons (Fsp3) is 0.391. The van der Waals surface area contributed by atoms with E-state index in [9.17, 15) is 19.2 Å². The molecule has 2 bridgehead atoms. The summed E-state index contributed by atoms with van der Waals surface area (Å²) >= 11 is 0. The van der Waals surface area contributed by atoms with Crippen LogP contribution in [0.15, 0.2) is 46.9 Å². The first-order chi connectivity index (χ1) is 15.3. The molecule has 1 aromatic heterocycles. The summed E-state index contributed by atoms with van der Waals surface area (Å²) in [6.07, 6.45) is -0.254. The van der Waals surface area contributed by atoms with Crippen molar-refractivity contribution in [3.63, 3.8) is 0 Å². The highest BCUT2D eigenvalue weighted by Gasteiger charge is 2.33. The van der Waals surface area contributed by atoms with Crippen molar-refractivity contribution in [2.24, 2.45) is 5.92 Å². The summed E-state index contributed by atoms with van der Waals surface area (Å²) in [4.78, 5) is 50.0. The predicted molar refractivity (Wildman–Crippen MR) is 114 cm³/mol. The fourth-order valence-corrected chi connectivity index (χ4v) is 3.31. The van der Waals surface area contributed by atoms with E-state index in [0.29, 0.717) is 17.9 Å².